The number of aliphatic carboxylic acids is 1. The van der Waals surface area contributed by atoms with Crippen molar-refractivity contribution >= 4 is 5.97 Å². The van der Waals surface area contributed by atoms with E-state index in [-0.39, 0.29) is 18.4 Å². The van der Waals surface area contributed by atoms with Crippen molar-refractivity contribution in [2.45, 2.75) is 51.5 Å². The van der Waals surface area contributed by atoms with E-state index in [1.165, 1.54) is 19.3 Å². The van der Waals surface area contributed by atoms with Gasteiger partial charge in [0, 0.05) is 5.92 Å². The molecule has 0 radical (unpaired) electrons. The molecule has 0 amide bonds. The van der Waals surface area contributed by atoms with E-state index < -0.39 is 5.97 Å². The Bertz CT molecular complexity index is 554. The van der Waals surface area contributed by atoms with Crippen LogP contribution in [-0.2, 0) is 4.79 Å². The molecule has 21 heavy (non-hydrogen) atoms. The molecule has 1 aromatic rings. The first kappa shape index (κ1) is 13.2. The molecular formula is C15H22N4O2. The zero-order valence-electron chi connectivity index (χ0n) is 12.5. The largest absolute Gasteiger partial charge is 0.481 e. The number of hydrogen-bond donors (Lipinski definition) is 1. The molecule has 4 rings (SSSR count). The van der Waals surface area contributed by atoms with Crippen LogP contribution in [0.15, 0.2) is 0 Å². The van der Waals surface area contributed by atoms with E-state index in [0.29, 0.717) is 5.92 Å². The van der Waals surface area contributed by atoms with E-state index in [1.54, 1.807) is 0 Å². The number of fused-ring (bicyclic) bond motifs is 5. The van der Waals surface area contributed by atoms with Gasteiger partial charge in [0.15, 0.2) is 5.82 Å². The van der Waals surface area contributed by atoms with Crippen LogP contribution in [0.3, 0.4) is 0 Å². The minimum absolute atomic E-state index is 0.0879. The Morgan fingerprint density at radius 3 is 2.57 bits per heavy atom. The standard InChI is InChI=1S/C15H22N4O2/c1-7(2)10(6-11(20)21)19-15(16-17-18-19)14-12-8-3-4-9(5-8)13(12)14/h7-10,12-14H,3-6H2,1-2H3,(H,20,21). The van der Waals surface area contributed by atoms with Crippen LogP contribution in [0.1, 0.15) is 57.3 Å². The lowest BCUT2D eigenvalue weighted by molar-refractivity contribution is -0.138. The summed E-state index contributed by atoms with van der Waals surface area (Å²) in [6.45, 7) is 4.08. The van der Waals surface area contributed by atoms with Crippen molar-refractivity contribution in [2.75, 3.05) is 0 Å². The summed E-state index contributed by atoms with van der Waals surface area (Å²) >= 11 is 0. The van der Waals surface area contributed by atoms with E-state index >= 15 is 0 Å². The third-order valence-corrected chi connectivity index (χ3v) is 6.02. The second kappa shape index (κ2) is 4.52. The molecule has 1 aromatic heterocycles. The summed E-state index contributed by atoms with van der Waals surface area (Å²) in [7, 11) is 0. The molecule has 3 aliphatic rings. The molecule has 6 nitrogen and oxygen atoms in total. The van der Waals surface area contributed by atoms with Crippen LogP contribution < -0.4 is 0 Å². The number of rotatable bonds is 5. The van der Waals surface area contributed by atoms with Crippen molar-refractivity contribution in [3.8, 4) is 0 Å². The van der Waals surface area contributed by atoms with E-state index in [1.807, 2.05) is 18.5 Å². The Kier molecular flexibility index (Phi) is 2.84. The Morgan fingerprint density at radius 2 is 2.00 bits per heavy atom. The molecule has 0 aromatic carbocycles. The number of hydrogen-bond acceptors (Lipinski definition) is 4. The minimum atomic E-state index is -0.786. The molecule has 2 bridgehead atoms. The summed E-state index contributed by atoms with van der Waals surface area (Å²) in [5.74, 6) is 4.13. The molecule has 5 atom stereocenters. The number of carboxylic acid groups (broad SMARTS) is 1. The number of carboxylic acids is 1. The number of nitrogens with zero attached hydrogens (tertiary/aromatic N) is 4. The Hall–Kier alpha value is -1.46. The summed E-state index contributed by atoms with van der Waals surface area (Å²) in [4.78, 5) is 11.1. The van der Waals surface area contributed by atoms with Gasteiger partial charge in [-0.15, -0.1) is 5.10 Å². The van der Waals surface area contributed by atoms with Gasteiger partial charge in [-0.3, -0.25) is 4.79 Å². The molecule has 5 unspecified atom stereocenters. The van der Waals surface area contributed by atoms with Crippen molar-refractivity contribution in [2.24, 2.45) is 29.6 Å². The highest BCUT2D eigenvalue weighted by Gasteiger charge is 2.67. The number of aromatic nitrogens is 4. The first-order valence-electron chi connectivity index (χ1n) is 8.07. The summed E-state index contributed by atoms with van der Waals surface area (Å²) in [5, 5.41) is 21.4. The zero-order valence-corrected chi connectivity index (χ0v) is 12.5. The third-order valence-electron chi connectivity index (χ3n) is 6.02. The van der Waals surface area contributed by atoms with Gasteiger partial charge in [-0.05, 0) is 59.3 Å². The Labute approximate surface area is 123 Å². The second-order valence-electron chi connectivity index (χ2n) is 7.40. The van der Waals surface area contributed by atoms with Crippen LogP contribution in [-0.4, -0.2) is 31.3 Å². The molecule has 3 aliphatic carbocycles. The van der Waals surface area contributed by atoms with Gasteiger partial charge < -0.3 is 5.11 Å². The molecule has 0 saturated heterocycles. The number of carbonyl (C=O) groups is 1. The van der Waals surface area contributed by atoms with Crippen LogP contribution in [0, 0.1) is 29.6 Å². The fourth-order valence-electron chi connectivity index (χ4n) is 5.11. The van der Waals surface area contributed by atoms with Gasteiger partial charge in [0.2, 0.25) is 0 Å². The lowest BCUT2D eigenvalue weighted by atomic mass is 9.99. The Balaban J connectivity index is 1.61. The minimum Gasteiger partial charge on any atom is -0.481 e. The van der Waals surface area contributed by atoms with Gasteiger partial charge >= 0.3 is 5.97 Å². The molecule has 0 aliphatic heterocycles. The van der Waals surface area contributed by atoms with Gasteiger partial charge in [-0.1, -0.05) is 13.8 Å². The second-order valence-corrected chi connectivity index (χ2v) is 7.40. The van der Waals surface area contributed by atoms with Gasteiger partial charge in [-0.25, -0.2) is 4.68 Å². The molecule has 1 N–H and O–H groups in total. The average Bonchev–Trinajstić information content (AvgIpc) is 2.86. The van der Waals surface area contributed by atoms with E-state index in [4.69, 9.17) is 5.11 Å². The SMILES string of the molecule is CC(C)C(CC(=O)O)n1nnnc1C1C2C3CCC(C3)C12. The van der Waals surface area contributed by atoms with Crippen LogP contribution in [0.5, 0.6) is 0 Å². The fraction of sp³-hybridized carbons (Fsp3) is 0.867. The molecule has 3 saturated carbocycles. The summed E-state index contributed by atoms with van der Waals surface area (Å²) in [5.41, 5.74) is 0. The zero-order chi connectivity index (χ0) is 14.7. The highest BCUT2D eigenvalue weighted by atomic mass is 16.4. The first-order valence-corrected chi connectivity index (χ1v) is 8.07. The Morgan fingerprint density at radius 1 is 1.33 bits per heavy atom. The summed E-state index contributed by atoms with van der Waals surface area (Å²) < 4.78 is 1.82. The average molecular weight is 290 g/mol. The molecule has 6 heteroatoms. The quantitative estimate of drug-likeness (QED) is 0.898. The van der Waals surface area contributed by atoms with Crippen molar-refractivity contribution in [1.29, 1.82) is 0 Å². The third kappa shape index (κ3) is 1.91. The van der Waals surface area contributed by atoms with E-state index in [9.17, 15) is 4.79 Å². The fourth-order valence-corrected chi connectivity index (χ4v) is 5.11. The maximum atomic E-state index is 11.1. The highest BCUT2D eigenvalue weighted by molar-refractivity contribution is 5.67. The molecular weight excluding hydrogens is 268 g/mol. The maximum Gasteiger partial charge on any atom is 0.305 e. The van der Waals surface area contributed by atoms with Crippen molar-refractivity contribution < 1.29 is 9.90 Å². The maximum absolute atomic E-state index is 11.1. The van der Waals surface area contributed by atoms with Crippen LogP contribution in [0.4, 0.5) is 0 Å². The normalized spacial score (nSPS) is 37.8. The summed E-state index contributed by atoms with van der Waals surface area (Å²) in [6.07, 6.45) is 4.22. The highest BCUT2D eigenvalue weighted by Crippen LogP contribution is 2.72. The van der Waals surface area contributed by atoms with Crippen LogP contribution in [0.2, 0.25) is 0 Å². The topological polar surface area (TPSA) is 80.9 Å². The molecule has 0 spiro atoms. The molecule has 3 fully saturated rings. The van der Waals surface area contributed by atoms with E-state index in [2.05, 4.69) is 15.5 Å². The van der Waals surface area contributed by atoms with Gasteiger partial charge in [-0.2, -0.15) is 0 Å². The number of tetrazole rings is 1. The van der Waals surface area contributed by atoms with Crippen molar-refractivity contribution in [3.63, 3.8) is 0 Å². The summed E-state index contributed by atoms with van der Waals surface area (Å²) in [6, 6.07) is -0.147. The van der Waals surface area contributed by atoms with Crippen LogP contribution >= 0.6 is 0 Å². The lowest BCUT2D eigenvalue weighted by Crippen LogP contribution is -2.22. The van der Waals surface area contributed by atoms with Gasteiger partial charge in [0.05, 0.1) is 12.5 Å². The predicted octanol–water partition coefficient (Wildman–Crippen LogP) is 2.10. The van der Waals surface area contributed by atoms with Gasteiger partial charge in [0.1, 0.15) is 0 Å². The molecule has 1 heterocycles. The van der Waals surface area contributed by atoms with Crippen LogP contribution in [0.25, 0.3) is 0 Å². The monoisotopic (exact) mass is 290 g/mol. The molecule has 114 valence electrons. The van der Waals surface area contributed by atoms with E-state index in [0.717, 1.165) is 29.5 Å². The lowest BCUT2D eigenvalue weighted by Gasteiger charge is -2.21. The first-order chi connectivity index (χ1) is 10.1. The van der Waals surface area contributed by atoms with Gasteiger partial charge in [0.25, 0.3) is 0 Å². The smallest absolute Gasteiger partial charge is 0.305 e. The predicted molar refractivity (Wildman–Crippen MR) is 74.5 cm³/mol. The van der Waals surface area contributed by atoms with Crippen molar-refractivity contribution in [1.82, 2.24) is 20.2 Å². The van der Waals surface area contributed by atoms with Crippen molar-refractivity contribution in [3.05, 3.63) is 5.82 Å².